The Morgan fingerprint density at radius 1 is 1.40 bits per heavy atom. The minimum absolute atomic E-state index is 0.0162. The second-order valence-corrected chi connectivity index (χ2v) is 3.10. The number of hydrogen-bond acceptors (Lipinski definition) is 1. The molecule has 0 aliphatic carbocycles. The van der Waals surface area contributed by atoms with Crippen LogP contribution < -0.4 is 0 Å². The van der Waals surface area contributed by atoms with E-state index in [1.807, 2.05) is 0 Å². The second kappa shape index (κ2) is 3.88. The molecule has 1 nitrogen and oxygen atoms in total. The number of halogens is 3. The van der Waals surface area contributed by atoms with E-state index in [1.165, 1.54) is 12.3 Å². The predicted octanol–water partition coefficient (Wildman–Crippen LogP) is 3.61. The molecule has 0 spiro atoms. The summed E-state index contributed by atoms with van der Waals surface area (Å²) in [6.45, 7) is 8.19. The molecule has 1 heterocycles. The number of allylic oxidation sites excluding steroid dienone is 1. The van der Waals surface area contributed by atoms with Crippen molar-refractivity contribution < 1.29 is 13.2 Å². The third kappa shape index (κ3) is 2.26. The summed E-state index contributed by atoms with van der Waals surface area (Å²) in [6.07, 6.45) is -0.416. The Hall–Kier alpha value is -1.58. The summed E-state index contributed by atoms with van der Waals surface area (Å²) in [6, 6.07) is 0. The van der Waals surface area contributed by atoms with Gasteiger partial charge < -0.3 is 0 Å². The van der Waals surface area contributed by atoms with E-state index in [0.29, 0.717) is 11.1 Å². The van der Waals surface area contributed by atoms with Crippen LogP contribution in [-0.2, 0) is 0 Å². The predicted molar refractivity (Wildman–Crippen MR) is 54.2 cm³/mol. The van der Waals surface area contributed by atoms with Gasteiger partial charge >= 0.3 is 6.18 Å². The zero-order chi connectivity index (χ0) is 11.6. The smallest absolute Gasteiger partial charge is 0.264 e. The standard InChI is InChI=1S/C11H10F3N/c1-4-9-7(2)5-15-6-10(9)8(3)11(12,13)14/h4-6H,1,3H2,2H3. The van der Waals surface area contributed by atoms with Gasteiger partial charge in [0, 0.05) is 18.0 Å². The van der Waals surface area contributed by atoms with Gasteiger partial charge in [-0.15, -0.1) is 0 Å². The Bertz CT molecular complexity index is 405. The normalized spacial score (nSPS) is 11.2. The van der Waals surface area contributed by atoms with Crippen LogP contribution >= 0.6 is 0 Å². The van der Waals surface area contributed by atoms with Crippen LogP contribution in [0, 0.1) is 6.92 Å². The topological polar surface area (TPSA) is 12.9 Å². The van der Waals surface area contributed by atoms with Crippen molar-refractivity contribution >= 4 is 11.6 Å². The molecule has 4 heteroatoms. The fraction of sp³-hybridized carbons (Fsp3) is 0.182. The first-order chi connectivity index (χ1) is 6.88. The molecule has 0 N–H and O–H groups in total. The van der Waals surface area contributed by atoms with Gasteiger partial charge in [-0.2, -0.15) is 13.2 Å². The molecular weight excluding hydrogens is 203 g/mol. The van der Waals surface area contributed by atoms with E-state index in [2.05, 4.69) is 18.1 Å². The Kier molecular flexibility index (Phi) is 2.98. The lowest BCUT2D eigenvalue weighted by Gasteiger charge is -2.13. The Balaban J connectivity index is 3.32. The quantitative estimate of drug-likeness (QED) is 0.731. The fourth-order valence-electron chi connectivity index (χ4n) is 1.24. The van der Waals surface area contributed by atoms with E-state index in [0.717, 1.165) is 6.20 Å². The lowest BCUT2D eigenvalue weighted by molar-refractivity contribution is -0.0686. The molecule has 1 rings (SSSR count). The van der Waals surface area contributed by atoms with Gasteiger partial charge in [0.15, 0.2) is 0 Å². The van der Waals surface area contributed by atoms with Crippen molar-refractivity contribution in [3.8, 4) is 0 Å². The molecular formula is C11H10F3N. The number of pyridine rings is 1. The van der Waals surface area contributed by atoms with E-state index >= 15 is 0 Å². The van der Waals surface area contributed by atoms with E-state index in [4.69, 9.17) is 0 Å². The van der Waals surface area contributed by atoms with Crippen molar-refractivity contribution in [2.75, 3.05) is 0 Å². The molecule has 0 radical (unpaired) electrons. The van der Waals surface area contributed by atoms with E-state index in [1.54, 1.807) is 6.92 Å². The maximum Gasteiger partial charge on any atom is 0.416 e. The summed E-state index contributed by atoms with van der Waals surface area (Å²) in [5.41, 5.74) is 0.159. The highest BCUT2D eigenvalue weighted by atomic mass is 19.4. The molecule has 0 bridgehead atoms. The fourth-order valence-corrected chi connectivity index (χ4v) is 1.24. The van der Waals surface area contributed by atoms with Gasteiger partial charge in [-0.3, -0.25) is 4.98 Å². The highest BCUT2D eigenvalue weighted by Crippen LogP contribution is 2.34. The van der Waals surface area contributed by atoms with E-state index in [-0.39, 0.29) is 5.56 Å². The highest BCUT2D eigenvalue weighted by Gasteiger charge is 2.34. The summed E-state index contributed by atoms with van der Waals surface area (Å²) in [7, 11) is 0. The molecule has 15 heavy (non-hydrogen) atoms. The first-order valence-electron chi connectivity index (χ1n) is 4.21. The van der Waals surface area contributed by atoms with Crippen molar-refractivity contribution in [2.24, 2.45) is 0 Å². The van der Waals surface area contributed by atoms with Crippen molar-refractivity contribution in [1.29, 1.82) is 0 Å². The van der Waals surface area contributed by atoms with Crippen molar-refractivity contribution in [3.05, 3.63) is 42.2 Å². The monoisotopic (exact) mass is 213 g/mol. The molecule has 0 unspecified atom stereocenters. The molecule has 0 aromatic carbocycles. The zero-order valence-corrected chi connectivity index (χ0v) is 8.23. The minimum Gasteiger partial charge on any atom is -0.264 e. The van der Waals surface area contributed by atoms with E-state index in [9.17, 15) is 13.2 Å². The molecule has 0 atom stereocenters. The third-order valence-electron chi connectivity index (χ3n) is 2.06. The van der Waals surface area contributed by atoms with Crippen molar-refractivity contribution in [1.82, 2.24) is 4.98 Å². The van der Waals surface area contributed by atoms with Gasteiger partial charge in [0.2, 0.25) is 0 Å². The Morgan fingerprint density at radius 3 is 2.47 bits per heavy atom. The molecule has 0 aliphatic heterocycles. The average Bonchev–Trinajstić information content (AvgIpc) is 2.14. The van der Waals surface area contributed by atoms with Gasteiger partial charge in [-0.25, -0.2) is 0 Å². The van der Waals surface area contributed by atoms with E-state index < -0.39 is 11.7 Å². The summed E-state index contributed by atoms with van der Waals surface area (Å²) in [5, 5.41) is 0. The molecule has 1 aromatic rings. The second-order valence-electron chi connectivity index (χ2n) is 3.10. The lowest BCUT2D eigenvalue weighted by Crippen LogP contribution is -2.11. The Morgan fingerprint density at radius 2 is 2.00 bits per heavy atom. The van der Waals surface area contributed by atoms with Crippen LogP contribution in [0.5, 0.6) is 0 Å². The number of nitrogens with zero attached hydrogens (tertiary/aromatic N) is 1. The number of rotatable bonds is 2. The SMILES string of the molecule is C=Cc1c(C)cncc1C(=C)C(F)(F)F. The first kappa shape index (κ1) is 11.5. The lowest BCUT2D eigenvalue weighted by atomic mass is 9.99. The average molecular weight is 213 g/mol. The molecule has 0 saturated heterocycles. The summed E-state index contributed by atoms with van der Waals surface area (Å²) < 4.78 is 37.3. The van der Waals surface area contributed by atoms with Crippen LogP contribution in [0.2, 0.25) is 0 Å². The zero-order valence-electron chi connectivity index (χ0n) is 8.23. The number of aryl methyl sites for hydroxylation is 1. The van der Waals surface area contributed by atoms with Gasteiger partial charge in [0.1, 0.15) is 0 Å². The number of hydrogen-bond donors (Lipinski definition) is 0. The van der Waals surface area contributed by atoms with Crippen LogP contribution in [0.25, 0.3) is 11.6 Å². The summed E-state index contributed by atoms with van der Waals surface area (Å²) >= 11 is 0. The molecule has 0 saturated carbocycles. The molecule has 0 amide bonds. The Labute approximate surface area is 86.0 Å². The van der Waals surface area contributed by atoms with Crippen LogP contribution in [0.1, 0.15) is 16.7 Å². The third-order valence-corrected chi connectivity index (χ3v) is 2.06. The largest absolute Gasteiger partial charge is 0.416 e. The van der Waals surface area contributed by atoms with Gasteiger partial charge in [-0.05, 0) is 18.1 Å². The minimum atomic E-state index is -4.44. The first-order valence-corrected chi connectivity index (χ1v) is 4.21. The van der Waals surface area contributed by atoms with Crippen molar-refractivity contribution in [3.63, 3.8) is 0 Å². The maximum atomic E-state index is 12.4. The molecule has 0 aliphatic rings. The van der Waals surface area contributed by atoms with Crippen LogP contribution in [-0.4, -0.2) is 11.2 Å². The highest BCUT2D eigenvalue weighted by molar-refractivity contribution is 5.75. The van der Waals surface area contributed by atoms with Crippen LogP contribution in [0.4, 0.5) is 13.2 Å². The van der Waals surface area contributed by atoms with Gasteiger partial charge in [0.05, 0.1) is 5.57 Å². The molecule has 1 aromatic heterocycles. The van der Waals surface area contributed by atoms with Crippen LogP contribution in [0.15, 0.2) is 25.6 Å². The number of aromatic nitrogens is 1. The molecule has 80 valence electrons. The van der Waals surface area contributed by atoms with Crippen molar-refractivity contribution in [2.45, 2.75) is 13.1 Å². The van der Waals surface area contributed by atoms with Crippen LogP contribution in [0.3, 0.4) is 0 Å². The molecule has 0 fully saturated rings. The summed E-state index contributed by atoms with van der Waals surface area (Å²) in [4.78, 5) is 3.72. The number of alkyl halides is 3. The maximum absolute atomic E-state index is 12.4. The van der Waals surface area contributed by atoms with Gasteiger partial charge in [0.25, 0.3) is 0 Å². The summed E-state index contributed by atoms with van der Waals surface area (Å²) in [5.74, 6) is 0. The van der Waals surface area contributed by atoms with Gasteiger partial charge in [-0.1, -0.05) is 19.2 Å².